The molecule has 0 aliphatic carbocycles. The van der Waals surface area contributed by atoms with Crippen molar-refractivity contribution in [3.8, 4) is 17.0 Å². The maximum Gasteiger partial charge on any atom is 0.387 e. The van der Waals surface area contributed by atoms with Crippen LogP contribution in [-0.4, -0.2) is 41.4 Å². The average molecular weight is 484 g/mol. The lowest BCUT2D eigenvalue weighted by atomic mass is 9.96. The van der Waals surface area contributed by atoms with Gasteiger partial charge in [0.1, 0.15) is 5.75 Å². The standard InChI is InChI=1S/C25H23F2N3O3S/c26-24(27)33-21-9-5-4-8-19(21)20-16-34-25(28-20)29-23(32)18-12-14-30(15-13-18)22(31)11-10-17-6-2-1-3-7-17/h1-11,16,18,24H,12-15H2,(H,28,29,32)/b11-10+. The van der Waals surface area contributed by atoms with Crippen LogP contribution >= 0.6 is 11.3 Å². The molecule has 34 heavy (non-hydrogen) atoms. The molecule has 1 fully saturated rings. The fourth-order valence-corrected chi connectivity index (χ4v) is 4.45. The summed E-state index contributed by atoms with van der Waals surface area (Å²) in [5.74, 6) is -0.440. The number of carbonyl (C=O) groups is 2. The molecule has 2 amide bonds. The Labute approximate surface area is 199 Å². The summed E-state index contributed by atoms with van der Waals surface area (Å²) in [6, 6.07) is 16.0. The molecule has 1 saturated heterocycles. The SMILES string of the molecule is O=C(Nc1nc(-c2ccccc2OC(F)F)cs1)C1CCN(C(=O)/C=C/c2ccccc2)CC1. The van der Waals surface area contributed by atoms with Gasteiger partial charge < -0.3 is 15.0 Å². The molecule has 1 N–H and O–H groups in total. The number of benzene rings is 2. The highest BCUT2D eigenvalue weighted by atomic mass is 32.1. The Balaban J connectivity index is 1.31. The van der Waals surface area contributed by atoms with E-state index < -0.39 is 6.61 Å². The first-order valence-corrected chi connectivity index (χ1v) is 11.7. The molecule has 6 nitrogen and oxygen atoms in total. The van der Waals surface area contributed by atoms with Crippen molar-refractivity contribution in [2.75, 3.05) is 18.4 Å². The van der Waals surface area contributed by atoms with Crippen molar-refractivity contribution in [1.82, 2.24) is 9.88 Å². The Morgan fingerprint density at radius 3 is 2.53 bits per heavy atom. The predicted molar refractivity (Wildman–Crippen MR) is 128 cm³/mol. The third kappa shape index (κ3) is 6.05. The van der Waals surface area contributed by atoms with Crippen molar-refractivity contribution >= 4 is 34.4 Å². The number of nitrogens with zero attached hydrogens (tertiary/aromatic N) is 2. The number of likely N-dealkylation sites (tertiary alicyclic amines) is 1. The number of halogens is 2. The van der Waals surface area contributed by atoms with E-state index in [0.717, 1.165) is 5.56 Å². The van der Waals surface area contributed by atoms with Gasteiger partial charge in [-0.15, -0.1) is 11.3 Å². The van der Waals surface area contributed by atoms with Crippen molar-refractivity contribution in [1.29, 1.82) is 0 Å². The quantitative estimate of drug-likeness (QED) is 0.463. The summed E-state index contributed by atoms with van der Waals surface area (Å²) in [7, 11) is 0. The number of anilines is 1. The van der Waals surface area contributed by atoms with Gasteiger partial charge in [0.15, 0.2) is 5.13 Å². The molecular weight excluding hydrogens is 460 g/mol. The summed E-state index contributed by atoms with van der Waals surface area (Å²) in [6.07, 6.45) is 4.45. The highest BCUT2D eigenvalue weighted by Gasteiger charge is 2.27. The number of hydrogen-bond acceptors (Lipinski definition) is 5. The predicted octanol–water partition coefficient (Wildman–Crippen LogP) is 5.30. The van der Waals surface area contributed by atoms with Crippen LogP contribution in [0.5, 0.6) is 5.75 Å². The van der Waals surface area contributed by atoms with Crippen LogP contribution in [0, 0.1) is 5.92 Å². The van der Waals surface area contributed by atoms with E-state index in [1.807, 2.05) is 30.3 Å². The fourth-order valence-electron chi connectivity index (χ4n) is 3.74. The molecule has 2 heterocycles. The summed E-state index contributed by atoms with van der Waals surface area (Å²) < 4.78 is 29.9. The van der Waals surface area contributed by atoms with Gasteiger partial charge in [0.05, 0.1) is 5.69 Å². The van der Waals surface area contributed by atoms with Crippen LogP contribution in [0.2, 0.25) is 0 Å². The number of rotatable bonds is 7. The Hall–Kier alpha value is -3.59. The molecule has 0 atom stereocenters. The van der Waals surface area contributed by atoms with Gasteiger partial charge in [-0.2, -0.15) is 8.78 Å². The Kier molecular flexibility index (Phi) is 7.64. The second-order valence-electron chi connectivity index (χ2n) is 7.75. The smallest absolute Gasteiger partial charge is 0.387 e. The van der Waals surface area contributed by atoms with Crippen molar-refractivity contribution in [2.24, 2.45) is 5.92 Å². The fraction of sp³-hybridized carbons (Fsp3) is 0.240. The zero-order valence-corrected chi connectivity index (χ0v) is 19.0. The molecule has 4 rings (SSSR count). The lowest BCUT2D eigenvalue weighted by molar-refractivity contribution is -0.130. The normalized spacial score (nSPS) is 14.5. The van der Waals surface area contributed by atoms with Crippen LogP contribution in [-0.2, 0) is 9.59 Å². The van der Waals surface area contributed by atoms with E-state index in [2.05, 4.69) is 15.0 Å². The topological polar surface area (TPSA) is 71.5 Å². The van der Waals surface area contributed by atoms with Gasteiger partial charge in [0, 0.05) is 36.0 Å². The lowest BCUT2D eigenvalue weighted by Crippen LogP contribution is -2.40. The zero-order valence-electron chi connectivity index (χ0n) is 18.2. The minimum absolute atomic E-state index is 0.0269. The first kappa shape index (κ1) is 23.6. The number of nitrogens with one attached hydrogen (secondary N) is 1. The molecule has 0 radical (unpaired) electrons. The minimum atomic E-state index is -2.94. The van der Waals surface area contributed by atoms with E-state index in [0.29, 0.717) is 42.3 Å². The van der Waals surface area contributed by atoms with E-state index in [1.165, 1.54) is 17.4 Å². The molecule has 3 aromatic rings. The Bertz CT molecular complexity index is 1160. The monoisotopic (exact) mass is 483 g/mol. The number of amides is 2. The number of thiazole rings is 1. The van der Waals surface area contributed by atoms with Gasteiger partial charge >= 0.3 is 6.61 Å². The first-order valence-electron chi connectivity index (χ1n) is 10.8. The minimum Gasteiger partial charge on any atom is -0.434 e. The Morgan fingerprint density at radius 2 is 1.79 bits per heavy atom. The molecule has 0 bridgehead atoms. The molecule has 0 unspecified atom stereocenters. The maximum atomic E-state index is 12.7. The number of aromatic nitrogens is 1. The van der Waals surface area contributed by atoms with Crippen LogP contribution in [0.15, 0.2) is 66.1 Å². The van der Waals surface area contributed by atoms with E-state index in [-0.39, 0.29) is 23.5 Å². The summed E-state index contributed by atoms with van der Waals surface area (Å²) in [5.41, 5.74) is 1.83. The van der Waals surface area contributed by atoms with Crippen LogP contribution in [0.4, 0.5) is 13.9 Å². The molecule has 9 heteroatoms. The number of piperidine rings is 1. The lowest BCUT2D eigenvalue weighted by Gasteiger charge is -2.30. The first-order chi connectivity index (χ1) is 16.5. The average Bonchev–Trinajstić information content (AvgIpc) is 3.31. The van der Waals surface area contributed by atoms with E-state index in [9.17, 15) is 18.4 Å². The summed E-state index contributed by atoms with van der Waals surface area (Å²) in [6.45, 7) is -1.94. The molecule has 1 aliphatic heterocycles. The van der Waals surface area contributed by atoms with Crippen molar-refractivity contribution < 1.29 is 23.1 Å². The second-order valence-corrected chi connectivity index (χ2v) is 8.60. The molecule has 1 aromatic heterocycles. The van der Waals surface area contributed by atoms with E-state index >= 15 is 0 Å². The number of hydrogen-bond donors (Lipinski definition) is 1. The summed E-state index contributed by atoms with van der Waals surface area (Å²) in [5, 5.41) is 4.88. The van der Waals surface area contributed by atoms with Gasteiger partial charge in [-0.25, -0.2) is 4.98 Å². The van der Waals surface area contributed by atoms with Crippen molar-refractivity contribution in [2.45, 2.75) is 19.5 Å². The molecule has 176 valence electrons. The molecule has 2 aromatic carbocycles. The molecule has 0 saturated carbocycles. The van der Waals surface area contributed by atoms with Crippen LogP contribution in [0.1, 0.15) is 18.4 Å². The highest BCUT2D eigenvalue weighted by molar-refractivity contribution is 7.14. The maximum absolute atomic E-state index is 12.7. The number of ether oxygens (including phenoxy) is 1. The van der Waals surface area contributed by atoms with Gasteiger partial charge in [-0.1, -0.05) is 42.5 Å². The van der Waals surface area contributed by atoms with E-state index in [1.54, 1.807) is 40.6 Å². The molecular formula is C25H23F2N3O3S. The molecule has 0 spiro atoms. The largest absolute Gasteiger partial charge is 0.434 e. The Morgan fingerprint density at radius 1 is 1.09 bits per heavy atom. The van der Waals surface area contributed by atoms with E-state index in [4.69, 9.17) is 0 Å². The van der Waals surface area contributed by atoms with Crippen LogP contribution in [0.3, 0.4) is 0 Å². The highest BCUT2D eigenvalue weighted by Crippen LogP contribution is 2.33. The van der Waals surface area contributed by atoms with Crippen molar-refractivity contribution in [3.63, 3.8) is 0 Å². The van der Waals surface area contributed by atoms with Gasteiger partial charge in [-0.05, 0) is 36.6 Å². The van der Waals surface area contributed by atoms with Crippen LogP contribution in [0.25, 0.3) is 17.3 Å². The third-order valence-electron chi connectivity index (χ3n) is 5.51. The summed E-state index contributed by atoms with van der Waals surface area (Å²) in [4.78, 5) is 31.3. The third-order valence-corrected chi connectivity index (χ3v) is 6.27. The summed E-state index contributed by atoms with van der Waals surface area (Å²) >= 11 is 1.21. The van der Waals surface area contributed by atoms with Crippen molar-refractivity contribution in [3.05, 3.63) is 71.6 Å². The van der Waals surface area contributed by atoms with Gasteiger partial charge in [0.2, 0.25) is 11.8 Å². The zero-order chi connectivity index (χ0) is 23.9. The number of para-hydroxylation sites is 1. The second kappa shape index (κ2) is 11.0. The number of alkyl halides is 2. The number of carbonyl (C=O) groups excluding carboxylic acids is 2. The van der Waals surface area contributed by atoms with Gasteiger partial charge in [-0.3, -0.25) is 9.59 Å². The molecule has 1 aliphatic rings. The van der Waals surface area contributed by atoms with Gasteiger partial charge in [0.25, 0.3) is 0 Å². The van der Waals surface area contributed by atoms with Crippen LogP contribution < -0.4 is 10.1 Å².